The molecular formula is C11H9NO4. The molecule has 0 aliphatic rings. The van der Waals surface area contributed by atoms with E-state index in [0.717, 1.165) is 12.3 Å². The van der Waals surface area contributed by atoms with E-state index < -0.39 is 17.3 Å². The fourth-order valence-corrected chi connectivity index (χ4v) is 1.31. The second-order valence-electron chi connectivity index (χ2n) is 3.19. The minimum absolute atomic E-state index is 0.180. The lowest BCUT2D eigenvalue weighted by Gasteiger charge is -2.09. The Balaban J connectivity index is 2.46. The van der Waals surface area contributed by atoms with E-state index in [1.807, 2.05) is 0 Å². The molecule has 1 unspecified atom stereocenters. The van der Waals surface area contributed by atoms with E-state index in [2.05, 4.69) is 4.98 Å². The summed E-state index contributed by atoms with van der Waals surface area (Å²) in [6.07, 6.45) is 2.90. The van der Waals surface area contributed by atoms with Crippen LogP contribution in [0.5, 0.6) is 5.75 Å². The van der Waals surface area contributed by atoms with Crippen LogP contribution in [0.15, 0.2) is 46.1 Å². The lowest BCUT2D eigenvalue weighted by atomic mass is 10.1. The molecule has 2 heterocycles. The Labute approximate surface area is 90.6 Å². The summed E-state index contributed by atoms with van der Waals surface area (Å²) in [6, 6.07) is 4.33. The van der Waals surface area contributed by atoms with Crippen molar-refractivity contribution in [3.05, 3.63) is 58.4 Å². The van der Waals surface area contributed by atoms with Crippen LogP contribution >= 0.6 is 0 Å². The molecule has 0 saturated heterocycles. The van der Waals surface area contributed by atoms with Gasteiger partial charge in [0, 0.05) is 24.0 Å². The number of aliphatic hydroxyl groups is 1. The Morgan fingerprint density at radius 3 is 2.88 bits per heavy atom. The first-order valence-electron chi connectivity index (χ1n) is 4.59. The first kappa shape index (κ1) is 10.4. The van der Waals surface area contributed by atoms with Crippen molar-refractivity contribution < 1.29 is 14.6 Å². The summed E-state index contributed by atoms with van der Waals surface area (Å²) in [7, 11) is 0. The number of pyridine rings is 1. The van der Waals surface area contributed by atoms with Crippen LogP contribution in [0.3, 0.4) is 0 Å². The average Bonchev–Trinajstić information content (AvgIpc) is 2.33. The van der Waals surface area contributed by atoms with E-state index in [4.69, 9.17) is 4.42 Å². The fraction of sp³-hybridized carbons (Fsp3) is 0.0909. The van der Waals surface area contributed by atoms with Crippen molar-refractivity contribution >= 4 is 0 Å². The van der Waals surface area contributed by atoms with Crippen molar-refractivity contribution in [3.8, 4) is 5.75 Å². The highest BCUT2D eigenvalue weighted by Gasteiger charge is 2.19. The maximum Gasteiger partial charge on any atom is 0.226 e. The molecule has 2 rings (SSSR count). The first-order valence-corrected chi connectivity index (χ1v) is 4.59. The molecule has 0 amide bonds. The maximum atomic E-state index is 11.1. The Bertz CT molecular complexity index is 535. The van der Waals surface area contributed by atoms with Gasteiger partial charge in [-0.25, -0.2) is 0 Å². The van der Waals surface area contributed by atoms with Gasteiger partial charge in [-0.3, -0.25) is 9.78 Å². The molecule has 5 nitrogen and oxygen atoms in total. The highest BCUT2D eigenvalue weighted by molar-refractivity contribution is 5.30. The van der Waals surface area contributed by atoms with Crippen LogP contribution in [0.1, 0.15) is 17.4 Å². The van der Waals surface area contributed by atoms with Crippen LogP contribution in [0.25, 0.3) is 0 Å². The van der Waals surface area contributed by atoms with E-state index in [0.29, 0.717) is 5.56 Å². The number of hydrogen-bond acceptors (Lipinski definition) is 5. The average molecular weight is 219 g/mol. The van der Waals surface area contributed by atoms with Gasteiger partial charge in [-0.05, 0) is 6.07 Å². The predicted molar refractivity (Wildman–Crippen MR) is 54.9 cm³/mol. The minimum Gasteiger partial charge on any atom is -0.502 e. The third-order valence-electron chi connectivity index (χ3n) is 2.13. The molecule has 0 radical (unpaired) electrons. The van der Waals surface area contributed by atoms with E-state index in [1.54, 1.807) is 18.3 Å². The molecule has 16 heavy (non-hydrogen) atoms. The summed E-state index contributed by atoms with van der Waals surface area (Å²) in [5.41, 5.74) is -0.156. The molecule has 0 bridgehead atoms. The Kier molecular flexibility index (Phi) is 2.70. The summed E-state index contributed by atoms with van der Waals surface area (Å²) in [4.78, 5) is 15.0. The SMILES string of the molecule is O=c1ccoc(C(O)c2cccnc2)c1O. The standard InChI is InChI=1S/C11H9NO4/c13-8-3-5-16-11(10(8)15)9(14)7-2-1-4-12-6-7/h1-6,9,14-15H. The molecule has 2 aromatic heterocycles. The molecule has 0 aromatic carbocycles. The van der Waals surface area contributed by atoms with Crippen molar-refractivity contribution in [3.63, 3.8) is 0 Å². The monoisotopic (exact) mass is 219 g/mol. The lowest BCUT2D eigenvalue weighted by molar-refractivity contribution is 0.178. The Hall–Kier alpha value is -2.14. The summed E-state index contributed by atoms with van der Waals surface area (Å²) in [5, 5.41) is 19.3. The summed E-state index contributed by atoms with van der Waals surface area (Å²) >= 11 is 0. The highest BCUT2D eigenvalue weighted by atomic mass is 16.4. The van der Waals surface area contributed by atoms with Crippen molar-refractivity contribution in [1.82, 2.24) is 4.98 Å². The molecule has 5 heteroatoms. The number of aromatic hydroxyl groups is 1. The Morgan fingerprint density at radius 1 is 1.38 bits per heavy atom. The van der Waals surface area contributed by atoms with E-state index in [-0.39, 0.29) is 5.76 Å². The fourth-order valence-electron chi connectivity index (χ4n) is 1.31. The first-order chi connectivity index (χ1) is 7.70. The van der Waals surface area contributed by atoms with Gasteiger partial charge >= 0.3 is 0 Å². The smallest absolute Gasteiger partial charge is 0.226 e. The van der Waals surface area contributed by atoms with Crippen LogP contribution < -0.4 is 5.43 Å². The zero-order chi connectivity index (χ0) is 11.5. The normalized spacial score (nSPS) is 12.3. The van der Waals surface area contributed by atoms with Gasteiger partial charge in [0.2, 0.25) is 11.2 Å². The van der Waals surface area contributed by atoms with Crippen LogP contribution in [-0.2, 0) is 0 Å². The van der Waals surface area contributed by atoms with Gasteiger partial charge in [0.1, 0.15) is 6.10 Å². The van der Waals surface area contributed by atoms with Crippen molar-refractivity contribution in [2.75, 3.05) is 0 Å². The zero-order valence-corrected chi connectivity index (χ0v) is 8.20. The van der Waals surface area contributed by atoms with E-state index in [1.165, 1.54) is 6.20 Å². The summed E-state index contributed by atoms with van der Waals surface area (Å²) in [6.45, 7) is 0. The van der Waals surface area contributed by atoms with Crippen LogP contribution in [-0.4, -0.2) is 15.2 Å². The van der Waals surface area contributed by atoms with Gasteiger partial charge in [0.15, 0.2) is 5.76 Å². The second-order valence-corrected chi connectivity index (χ2v) is 3.19. The van der Waals surface area contributed by atoms with E-state index in [9.17, 15) is 15.0 Å². The third-order valence-corrected chi connectivity index (χ3v) is 2.13. The second kappa shape index (κ2) is 4.16. The number of aromatic nitrogens is 1. The van der Waals surface area contributed by atoms with Crippen molar-refractivity contribution in [2.24, 2.45) is 0 Å². The van der Waals surface area contributed by atoms with Crippen molar-refractivity contribution in [2.45, 2.75) is 6.10 Å². The summed E-state index contributed by atoms with van der Waals surface area (Å²) in [5.74, 6) is -0.764. The van der Waals surface area contributed by atoms with Crippen LogP contribution in [0, 0.1) is 0 Å². The van der Waals surface area contributed by atoms with Crippen LogP contribution in [0.2, 0.25) is 0 Å². The molecule has 0 aliphatic carbocycles. The van der Waals surface area contributed by atoms with Gasteiger partial charge in [-0.2, -0.15) is 0 Å². The van der Waals surface area contributed by atoms with Crippen LogP contribution in [0.4, 0.5) is 0 Å². The molecule has 2 N–H and O–H groups in total. The molecule has 0 saturated carbocycles. The van der Waals surface area contributed by atoms with Gasteiger partial charge in [0.05, 0.1) is 6.26 Å². The highest BCUT2D eigenvalue weighted by Crippen LogP contribution is 2.25. The van der Waals surface area contributed by atoms with Gasteiger partial charge in [-0.1, -0.05) is 6.07 Å². The molecule has 82 valence electrons. The molecule has 0 aliphatic heterocycles. The maximum absolute atomic E-state index is 11.1. The largest absolute Gasteiger partial charge is 0.502 e. The lowest BCUT2D eigenvalue weighted by Crippen LogP contribution is -2.06. The van der Waals surface area contributed by atoms with Crippen molar-refractivity contribution in [1.29, 1.82) is 0 Å². The zero-order valence-electron chi connectivity index (χ0n) is 8.20. The Morgan fingerprint density at radius 2 is 2.19 bits per heavy atom. The van der Waals surface area contributed by atoms with Gasteiger partial charge in [0.25, 0.3) is 0 Å². The predicted octanol–water partition coefficient (Wildman–Crippen LogP) is 0.822. The number of aliphatic hydroxyl groups excluding tert-OH is 1. The summed E-state index contributed by atoms with van der Waals surface area (Å²) < 4.78 is 4.93. The molecule has 0 fully saturated rings. The number of hydrogen-bond donors (Lipinski definition) is 2. The molecule has 2 aromatic rings. The topological polar surface area (TPSA) is 83.6 Å². The van der Waals surface area contributed by atoms with Gasteiger partial charge in [-0.15, -0.1) is 0 Å². The molecular weight excluding hydrogens is 210 g/mol. The third kappa shape index (κ3) is 1.80. The number of rotatable bonds is 2. The quantitative estimate of drug-likeness (QED) is 0.781. The van der Waals surface area contributed by atoms with E-state index >= 15 is 0 Å². The minimum atomic E-state index is -1.21. The molecule has 1 atom stereocenters. The molecule has 0 spiro atoms. The van der Waals surface area contributed by atoms with Gasteiger partial charge < -0.3 is 14.6 Å². The number of nitrogens with zero attached hydrogens (tertiary/aromatic N) is 1.